The van der Waals surface area contributed by atoms with Gasteiger partial charge < -0.3 is 4.74 Å². The van der Waals surface area contributed by atoms with E-state index in [0.29, 0.717) is 5.69 Å². The lowest BCUT2D eigenvalue weighted by Gasteiger charge is -2.29. The van der Waals surface area contributed by atoms with E-state index >= 15 is 0 Å². The first-order chi connectivity index (χ1) is 13.6. The molecule has 0 aromatic heterocycles. The van der Waals surface area contributed by atoms with Crippen LogP contribution in [0.3, 0.4) is 0 Å². The van der Waals surface area contributed by atoms with Gasteiger partial charge in [0.15, 0.2) is 0 Å². The molecule has 7 heteroatoms. The number of rotatable bonds is 3. The second-order valence-electron chi connectivity index (χ2n) is 7.36. The van der Waals surface area contributed by atoms with Crippen LogP contribution in [0.1, 0.15) is 18.0 Å². The SMILES string of the molecule is COc1ccc([C@@H]2[C@H]3C(=O)N(c4cccc(Br)c4)C(=O)[C@@H]3N3CCCN23)cc1. The zero-order chi connectivity index (χ0) is 19.4. The van der Waals surface area contributed by atoms with Crippen LogP contribution in [0.2, 0.25) is 0 Å². The summed E-state index contributed by atoms with van der Waals surface area (Å²) in [6, 6.07) is 14.6. The standard InChI is InChI=1S/C21H20BrN3O3/c1-28-16-8-6-13(7-9-16)18-17-19(24-11-3-10-23(18)24)21(27)25(20(17)26)15-5-2-4-14(22)12-15/h2,4-9,12,17-19H,3,10-11H2,1H3/t17-,18-,19-/m1/s1. The molecule has 0 radical (unpaired) electrons. The molecular formula is C21H20BrN3O3. The number of anilines is 1. The lowest BCUT2D eigenvalue weighted by Crippen LogP contribution is -2.44. The first-order valence-corrected chi connectivity index (χ1v) is 10.2. The topological polar surface area (TPSA) is 53.1 Å². The number of benzene rings is 2. The fourth-order valence-electron chi connectivity index (χ4n) is 4.78. The van der Waals surface area contributed by atoms with Crippen molar-refractivity contribution in [2.24, 2.45) is 5.92 Å². The van der Waals surface area contributed by atoms with E-state index in [2.05, 4.69) is 25.9 Å². The van der Waals surface area contributed by atoms with Gasteiger partial charge in [-0.1, -0.05) is 34.1 Å². The summed E-state index contributed by atoms with van der Waals surface area (Å²) in [5.41, 5.74) is 1.66. The Labute approximate surface area is 171 Å². The Balaban J connectivity index is 1.56. The predicted molar refractivity (Wildman–Crippen MR) is 108 cm³/mol. The van der Waals surface area contributed by atoms with Gasteiger partial charge in [-0.3, -0.25) is 9.59 Å². The molecule has 0 unspecified atom stereocenters. The van der Waals surface area contributed by atoms with Gasteiger partial charge in [-0.15, -0.1) is 0 Å². The van der Waals surface area contributed by atoms with Crippen molar-refractivity contribution in [3.63, 3.8) is 0 Å². The molecule has 3 aliphatic rings. The van der Waals surface area contributed by atoms with Gasteiger partial charge in [0.2, 0.25) is 5.91 Å². The van der Waals surface area contributed by atoms with Crippen molar-refractivity contribution in [3.05, 3.63) is 58.6 Å². The monoisotopic (exact) mass is 441 g/mol. The molecule has 2 amide bonds. The summed E-state index contributed by atoms with van der Waals surface area (Å²) in [5.74, 6) is 0.126. The van der Waals surface area contributed by atoms with Crippen molar-refractivity contribution < 1.29 is 14.3 Å². The molecule has 0 spiro atoms. The number of methoxy groups -OCH3 is 1. The van der Waals surface area contributed by atoms with Crippen LogP contribution in [-0.4, -0.2) is 48.1 Å². The van der Waals surface area contributed by atoms with Crippen LogP contribution < -0.4 is 9.64 Å². The number of halogens is 1. The molecule has 3 saturated heterocycles. The summed E-state index contributed by atoms with van der Waals surface area (Å²) < 4.78 is 6.12. The third-order valence-electron chi connectivity index (χ3n) is 5.93. The summed E-state index contributed by atoms with van der Waals surface area (Å²) in [6.45, 7) is 1.67. The minimum atomic E-state index is -0.430. The van der Waals surface area contributed by atoms with Gasteiger partial charge in [-0.05, 0) is 42.3 Å². The van der Waals surface area contributed by atoms with Crippen LogP contribution >= 0.6 is 15.9 Å². The molecule has 3 atom stereocenters. The van der Waals surface area contributed by atoms with E-state index in [4.69, 9.17) is 4.74 Å². The van der Waals surface area contributed by atoms with Gasteiger partial charge in [-0.2, -0.15) is 0 Å². The maximum absolute atomic E-state index is 13.5. The third-order valence-corrected chi connectivity index (χ3v) is 6.42. The average Bonchev–Trinajstić information content (AvgIpc) is 3.34. The number of carbonyl (C=O) groups is 2. The highest BCUT2D eigenvalue weighted by molar-refractivity contribution is 9.10. The Morgan fingerprint density at radius 1 is 0.964 bits per heavy atom. The zero-order valence-electron chi connectivity index (χ0n) is 15.4. The maximum atomic E-state index is 13.5. The van der Waals surface area contributed by atoms with Crippen LogP contribution in [0, 0.1) is 5.92 Å². The number of hydrogen-bond acceptors (Lipinski definition) is 5. The quantitative estimate of drug-likeness (QED) is 0.685. The number of fused-ring (bicyclic) bond motifs is 3. The molecule has 3 fully saturated rings. The third kappa shape index (κ3) is 2.53. The maximum Gasteiger partial charge on any atom is 0.253 e. The summed E-state index contributed by atoms with van der Waals surface area (Å²) in [5, 5.41) is 4.32. The van der Waals surface area contributed by atoms with Gasteiger partial charge in [0.1, 0.15) is 11.8 Å². The van der Waals surface area contributed by atoms with Gasteiger partial charge in [0, 0.05) is 17.6 Å². The summed E-state index contributed by atoms with van der Waals surface area (Å²) in [4.78, 5) is 28.2. The molecule has 3 aliphatic heterocycles. The molecular weight excluding hydrogens is 422 g/mol. The van der Waals surface area contributed by atoms with E-state index in [0.717, 1.165) is 35.3 Å². The van der Waals surface area contributed by atoms with Crippen molar-refractivity contribution >= 4 is 33.4 Å². The summed E-state index contributed by atoms with van der Waals surface area (Å²) >= 11 is 3.44. The number of ether oxygens (including phenoxy) is 1. The van der Waals surface area contributed by atoms with E-state index in [-0.39, 0.29) is 17.9 Å². The van der Waals surface area contributed by atoms with Crippen LogP contribution in [0.15, 0.2) is 53.0 Å². The second kappa shape index (κ2) is 6.69. The Morgan fingerprint density at radius 3 is 2.36 bits per heavy atom. The van der Waals surface area contributed by atoms with Crippen LogP contribution in [-0.2, 0) is 9.59 Å². The second-order valence-corrected chi connectivity index (χ2v) is 8.28. The van der Waals surface area contributed by atoms with Gasteiger partial charge >= 0.3 is 0 Å². The average molecular weight is 442 g/mol. The van der Waals surface area contributed by atoms with Crippen LogP contribution in [0.4, 0.5) is 5.69 Å². The largest absolute Gasteiger partial charge is 0.497 e. The number of imide groups is 1. The first-order valence-electron chi connectivity index (χ1n) is 9.40. The fourth-order valence-corrected chi connectivity index (χ4v) is 5.17. The highest BCUT2D eigenvalue weighted by Crippen LogP contribution is 2.49. The molecule has 0 saturated carbocycles. The number of hydrazine groups is 1. The van der Waals surface area contributed by atoms with Crippen LogP contribution in [0.25, 0.3) is 0 Å². The number of hydrogen-bond donors (Lipinski definition) is 0. The fraction of sp³-hybridized carbons (Fsp3) is 0.333. The molecule has 28 heavy (non-hydrogen) atoms. The molecule has 2 aromatic carbocycles. The predicted octanol–water partition coefficient (Wildman–Crippen LogP) is 2.99. The van der Waals surface area contributed by atoms with E-state index in [1.54, 1.807) is 7.11 Å². The van der Waals surface area contributed by atoms with Crippen molar-refractivity contribution in [2.75, 3.05) is 25.1 Å². The number of nitrogens with zero attached hydrogens (tertiary/aromatic N) is 3. The van der Waals surface area contributed by atoms with Crippen molar-refractivity contribution in [1.29, 1.82) is 0 Å². The Morgan fingerprint density at radius 2 is 1.68 bits per heavy atom. The minimum Gasteiger partial charge on any atom is -0.497 e. The molecule has 0 aliphatic carbocycles. The molecule has 0 bridgehead atoms. The lowest BCUT2D eigenvalue weighted by molar-refractivity contribution is -0.126. The van der Waals surface area contributed by atoms with Gasteiger partial charge in [0.05, 0.1) is 24.8 Å². The number of amides is 2. The van der Waals surface area contributed by atoms with Crippen molar-refractivity contribution in [3.8, 4) is 5.75 Å². The van der Waals surface area contributed by atoms with E-state index in [9.17, 15) is 9.59 Å². The Bertz CT molecular complexity index is 948. The molecule has 6 nitrogen and oxygen atoms in total. The zero-order valence-corrected chi connectivity index (χ0v) is 17.0. The lowest BCUT2D eigenvalue weighted by atomic mass is 9.90. The van der Waals surface area contributed by atoms with E-state index in [1.165, 1.54) is 4.90 Å². The molecule has 0 N–H and O–H groups in total. The van der Waals surface area contributed by atoms with E-state index in [1.807, 2.05) is 48.5 Å². The molecule has 144 valence electrons. The molecule has 5 rings (SSSR count). The van der Waals surface area contributed by atoms with Crippen molar-refractivity contribution in [2.45, 2.75) is 18.5 Å². The Hall–Kier alpha value is -2.22. The van der Waals surface area contributed by atoms with Crippen LogP contribution in [0.5, 0.6) is 5.75 Å². The highest BCUT2D eigenvalue weighted by atomic mass is 79.9. The summed E-state index contributed by atoms with van der Waals surface area (Å²) in [6.07, 6.45) is 0.994. The highest BCUT2D eigenvalue weighted by Gasteiger charge is 2.62. The normalized spacial score (nSPS) is 27.4. The van der Waals surface area contributed by atoms with Crippen molar-refractivity contribution in [1.82, 2.24) is 10.0 Å². The smallest absolute Gasteiger partial charge is 0.253 e. The summed E-state index contributed by atoms with van der Waals surface area (Å²) in [7, 11) is 1.64. The Kier molecular flexibility index (Phi) is 4.26. The first kappa shape index (κ1) is 17.8. The van der Waals surface area contributed by atoms with Gasteiger partial charge in [-0.25, -0.2) is 14.9 Å². The minimum absolute atomic E-state index is 0.122. The number of carbonyl (C=O) groups excluding carboxylic acids is 2. The molecule has 3 heterocycles. The van der Waals surface area contributed by atoms with Gasteiger partial charge in [0.25, 0.3) is 5.91 Å². The molecule has 2 aromatic rings. The van der Waals surface area contributed by atoms with E-state index < -0.39 is 12.0 Å².